The van der Waals surface area contributed by atoms with E-state index >= 15 is 0 Å². The van der Waals surface area contributed by atoms with Crippen molar-refractivity contribution in [2.24, 2.45) is 0 Å². The summed E-state index contributed by atoms with van der Waals surface area (Å²) in [5.74, 6) is -0.188. The highest BCUT2D eigenvalue weighted by molar-refractivity contribution is 7.92. The molecule has 0 radical (unpaired) electrons. The highest BCUT2D eigenvalue weighted by Crippen LogP contribution is 2.20. The molecule has 0 aliphatic carbocycles. The van der Waals surface area contributed by atoms with E-state index in [1.165, 1.54) is 0 Å². The van der Waals surface area contributed by atoms with Gasteiger partial charge in [-0.2, -0.15) is 0 Å². The van der Waals surface area contributed by atoms with Gasteiger partial charge in [-0.3, -0.25) is 9.52 Å². The zero-order valence-corrected chi connectivity index (χ0v) is 14.6. The molecule has 0 saturated carbocycles. The van der Waals surface area contributed by atoms with Crippen molar-refractivity contribution in [3.63, 3.8) is 0 Å². The van der Waals surface area contributed by atoms with E-state index in [2.05, 4.69) is 15.0 Å². The third-order valence-electron chi connectivity index (χ3n) is 3.73. The van der Waals surface area contributed by atoms with Gasteiger partial charge in [-0.25, -0.2) is 13.4 Å². The van der Waals surface area contributed by atoms with E-state index in [0.717, 1.165) is 17.3 Å². The summed E-state index contributed by atoms with van der Waals surface area (Å²) < 4.78 is 26.6. The fourth-order valence-electron chi connectivity index (χ4n) is 2.50. The number of nitrogens with one attached hydrogen (secondary N) is 2. The molecule has 2 N–H and O–H groups in total. The van der Waals surface area contributed by atoms with Gasteiger partial charge in [-0.1, -0.05) is 12.1 Å². The van der Waals surface area contributed by atoms with Gasteiger partial charge in [-0.15, -0.1) is 0 Å². The molecule has 0 aliphatic heterocycles. The van der Waals surface area contributed by atoms with Crippen LogP contribution in [-0.4, -0.2) is 30.1 Å². The lowest BCUT2D eigenvalue weighted by atomic mass is 10.2. The van der Waals surface area contributed by atoms with Crippen molar-refractivity contribution >= 4 is 38.3 Å². The van der Waals surface area contributed by atoms with E-state index in [9.17, 15) is 13.2 Å². The standard InChI is InChI=1S/C17H18N4O3S/c1-12(21-11-18-15-5-3-4-6-16(15)21)17(22)19-13-7-9-14(10-8-13)20-25(2,23)24/h3-12,20H,1-2H3,(H,19,22). The molecule has 8 heteroatoms. The molecule has 25 heavy (non-hydrogen) atoms. The second kappa shape index (κ2) is 6.56. The number of hydrogen-bond donors (Lipinski definition) is 2. The number of amides is 1. The number of carbonyl (C=O) groups excluding carboxylic acids is 1. The summed E-state index contributed by atoms with van der Waals surface area (Å²) in [6, 6.07) is 13.6. The van der Waals surface area contributed by atoms with Crippen LogP contribution in [-0.2, 0) is 14.8 Å². The van der Waals surface area contributed by atoms with Crippen molar-refractivity contribution in [2.75, 3.05) is 16.3 Å². The Morgan fingerprint density at radius 1 is 1.08 bits per heavy atom. The highest BCUT2D eigenvalue weighted by atomic mass is 32.2. The fraction of sp³-hybridized carbons (Fsp3) is 0.176. The van der Waals surface area contributed by atoms with Crippen LogP contribution in [0.2, 0.25) is 0 Å². The maximum Gasteiger partial charge on any atom is 0.247 e. The molecule has 2 aromatic carbocycles. The molecular weight excluding hydrogens is 340 g/mol. The van der Waals surface area contributed by atoms with Crippen LogP contribution in [0.3, 0.4) is 0 Å². The average Bonchev–Trinajstić information content (AvgIpc) is 2.98. The second-order valence-electron chi connectivity index (χ2n) is 5.76. The molecule has 1 amide bonds. The Bertz CT molecular complexity index is 1010. The topological polar surface area (TPSA) is 93.1 Å². The fourth-order valence-corrected chi connectivity index (χ4v) is 3.06. The van der Waals surface area contributed by atoms with Crippen molar-refractivity contribution in [1.82, 2.24) is 9.55 Å². The SMILES string of the molecule is CC(C(=O)Nc1ccc(NS(C)(=O)=O)cc1)n1cnc2ccccc21. The minimum atomic E-state index is -3.32. The van der Waals surface area contributed by atoms with E-state index in [1.807, 2.05) is 28.8 Å². The normalized spacial score (nSPS) is 12.7. The molecule has 0 spiro atoms. The van der Waals surface area contributed by atoms with Crippen LogP contribution in [0.15, 0.2) is 54.9 Å². The number of aromatic nitrogens is 2. The van der Waals surface area contributed by atoms with Crippen molar-refractivity contribution in [3.05, 3.63) is 54.9 Å². The predicted molar refractivity (Wildman–Crippen MR) is 98.0 cm³/mol. The summed E-state index contributed by atoms with van der Waals surface area (Å²) in [7, 11) is -3.32. The van der Waals surface area contributed by atoms with Crippen molar-refractivity contribution in [1.29, 1.82) is 0 Å². The summed E-state index contributed by atoms with van der Waals surface area (Å²) in [4.78, 5) is 16.8. The Morgan fingerprint density at radius 3 is 2.40 bits per heavy atom. The van der Waals surface area contributed by atoms with E-state index in [-0.39, 0.29) is 5.91 Å². The number of rotatable bonds is 5. The first-order valence-corrected chi connectivity index (χ1v) is 9.53. The van der Waals surface area contributed by atoms with E-state index < -0.39 is 16.1 Å². The Balaban J connectivity index is 1.73. The highest BCUT2D eigenvalue weighted by Gasteiger charge is 2.17. The molecule has 0 saturated heterocycles. The lowest BCUT2D eigenvalue weighted by Crippen LogP contribution is -2.23. The molecular formula is C17H18N4O3S. The van der Waals surface area contributed by atoms with Gasteiger partial charge < -0.3 is 9.88 Å². The van der Waals surface area contributed by atoms with Gasteiger partial charge in [0.2, 0.25) is 15.9 Å². The van der Waals surface area contributed by atoms with Gasteiger partial charge in [0.1, 0.15) is 6.04 Å². The largest absolute Gasteiger partial charge is 0.324 e. The van der Waals surface area contributed by atoms with Crippen LogP contribution >= 0.6 is 0 Å². The molecule has 130 valence electrons. The third-order valence-corrected chi connectivity index (χ3v) is 4.34. The zero-order chi connectivity index (χ0) is 18.0. The Hall–Kier alpha value is -2.87. The van der Waals surface area contributed by atoms with Gasteiger partial charge in [0.15, 0.2) is 0 Å². The molecule has 0 fully saturated rings. The number of sulfonamides is 1. The van der Waals surface area contributed by atoms with Gasteiger partial charge >= 0.3 is 0 Å². The van der Waals surface area contributed by atoms with Crippen LogP contribution in [0, 0.1) is 0 Å². The first-order chi connectivity index (χ1) is 11.8. The van der Waals surface area contributed by atoms with Crippen molar-refractivity contribution in [3.8, 4) is 0 Å². The molecule has 0 bridgehead atoms. The molecule has 1 atom stereocenters. The number of nitrogens with zero attached hydrogens (tertiary/aromatic N) is 2. The number of benzene rings is 2. The molecule has 3 rings (SSSR count). The summed E-state index contributed by atoms with van der Waals surface area (Å²) in [5, 5.41) is 2.82. The van der Waals surface area contributed by atoms with Gasteiger partial charge in [0.05, 0.1) is 23.6 Å². The minimum Gasteiger partial charge on any atom is -0.324 e. The van der Waals surface area contributed by atoms with Crippen LogP contribution in [0.4, 0.5) is 11.4 Å². The summed E-state index contributed by atoms with van der Waals surface area (Å²) in [6.07, 6.45) is 2.73. The maximum atomic E-state index is 12.5. The van der Waals surface area contributed by atoms with Crippen LogP contribution < -0.4 is 10.0 Å². The first-order valence-electron chi connectivity index (χ1n) is 7.64. The minimum absolute atomic E-state index is 0.188. The second-order valence-corrected chi connectivity index (χ2v) is 7.51. The van der Waals surface area contributed by atoms with Crippen molar-refractivity contribution < 1.29 is 13.2 Å². The Kier molecular flexibility index (Phi) is 4.45. The Labute approximate surface area is 145 Å². The smallest absolute Gasteiger partial charge is 0.247 e. The van der Waals surface area contributed by atoms with Gasteiger partial charge in [0.25, 0.3) is 0 Å². The number of fused-ring (bicyclic) bond motifs is 1. The van der Waals surface area contributed by atoms with Gasteiger partial charge in [0, 0.05) is 11.4 Å². The van der Waals surface area contributed by atoms with E-state index in [1.54, 1.807) is 37.5 Å². The summed E-state index contributed by atoms with van der Waals surface area (Å²) >= 11 is 0. The molecule has 7 nitrogen and oxygen atoms in total. The maximum absolute atomic E-state index is 12.5. The lowest BCUT2D eigenvalue weighted by Gasteiger charge is -2.15. The zero-order valence-electron chi connectivity index (χ0n) is 13.8. The molecule has 0 aliphatic rings. The predicted octanol–water partition coefficient (Wildman–Crippen LogP) is 2.61. The number of anilines is 2. The Morgan fingerprint density at radius 2 is 1.72 bits per heavy atom. The lowest BCUT2D eigenvalue weighted by molar-refractivity contribution is -0.118. The van der Waals surface area contributed by atoms with Crippen molar-refractivity contribution in [2.45, 2.75) is 13.0 Å². The van der Waals surface area contributed by atoms with Crippen LogP contribution in [0.5, 0.6) is 0 Å². The van der Waals surface area contributed by atoms with E-state index in [0.29, 0.717) is 11.4 Å². The van der Waals surface area contributed by atoms with Crippen LogP contribution in [0.1, 0.15) is 13.0 Å². The molecule has 1 heterocycles. The average molecular weight is 358 g/mol. The molecule has 1 unspecified atom stereocenters. The monoisotopic (exact) mass is 358 g/mol. The summed E-state index contributed by atoms with van der Waals surface area (Å²) in [6.45, 7) is 1.79. The molecule has 1 aromatic heterocycles. The quantitative estimate of drug-likeness (QED) is 0.733. The molecule has 3 aromatic rings. The first kappa shape index (κ1) is 17.0. The number of carbonyl (C=O) groups is 1. The number of imidazole rings is 1. The number of hydrogen-bond acceptors (Lipinski definition) is 4. The summed E-state index contributed by atoms with van der Waals surface area (Å²) in [5.41, 5.74) is 2.74. The van der Waals surface area contributed by atoms with Crippen LogP contribution in [0.25, 0.3) is 11.0 Å². The van der Waals surface area contributed by atoms with Gasteiger partial charge in [-0.05, 0) is 43.3 Å². The van der Waals surface area contributed by atoms with E-state index in [4.69, 9.17) is 0 Å². The number of para-hydroxylation sites is 2. The third kappa shape index (κ3) is 3.97.